The van der Waals surface area contributed by atoms with Crippen LogP contribution in [0.2, 0.25) is 0 Å². The van der Waals surface area contributed by atoms with E-state index in [1.807, 2.05) is 0 Å². The van der Waals surface area contributed by atoms with Gasteiger partial charge in [0.1, 0.15) is 17.4 Å². The zero-order chi connectivity index (χ0) is 13.1. The summed E-state index contributed by atoms with van der Waals surface area (Å²) in [7, 11) is 3.23. The molecule has 1 N–H and O–H groups in total. The Morgan fingerprint density at radius 1 is 1.28 bits per heavy atom. The number of thiophene rings is 1. The minimum absolute atomic E-state index is 0.0319. The molecule has 1 atom stereocenters. The SMILES string of the molecule is CNC(c1cc(OC)cs1)c1c(F)cccc1F. The van der Waals surface area contributed by atoms with Crippen molar-refractivity contribution in [1.82, 2.24) is 5.32 Å². The zero-order valence-electron chi connectivity index (χ0n) is 10.0. The van der Waals surface area contributed by atoms with Crippen molar-refractivity contribution in [2.45, 2.75) is 6.04 Å². The van der Waals surface area contributed by atoms with Gasteiger partial charge in [-0.3, -0.25) is 0 Å². The van der Waals surface area contributed by atoms with E-state index in [2.05, 4.69) is 5.32 Å². The fourth-order valence-electron chi connectivity index (χ4n) is 1.81. The summed E-state index contributed by atoms with van der Waals surface area (Å²) in [6.45, 7) is 0. The highest BCUT2D eigenvalue weighted by molar-refractivity contribution is 7.10. The van der Waals surface area contributed by atoms with Crippen molar-refractivity contribution in [2.75, 3.05) is 14.2 Å². The molecule has 2 aromatic rings. The van der Waals surface area contributed by atoms with E-state index in [4.69, 9.17) is 4.74 Å². The molecule has 1 unspecified atom stereocenters. The molecule has 1 heterocycles. The van der Waals surface area contributed by atoms with Crippen LogP contribution < -0.4 is 10.1 Å². The summed E-state index contributed by atoms with van der Waals surface area (Å²) < 4.78 is 32.6. The first kappa shape index (κ1) is 13.0. The average molecular weight is 269 g/mol. The van der Waals surface area contributed by atoms with Crippen molar-refractivity contribution in [3.63, 3.8) is 0 Å². The minimum Gasteiger partial charge on any atom is -0.496 e. The molecule has 0 spiro atoms. The Bertz CT molecular complexity index is 521. The van der Waals surface area contributed by atoms with Gasteiger partial charge in [-0.25, -0.2) is 8.78 Å². The van der Waals surface area contributed by atoms with Gasteiger partial charge in [0.25, 0.3) is 0 Å². The standard InChI is InChI=1S/C13H13F2NOS/c1-16-13(11-6-8(17-2)7-18-11)12-9(14)4-3-5-10(12)15/h3-7,13,16H,1-2H3. The second-order valence-corrected chi connectivity index (χ2v) is 4.69. The van der Waals surface area contributed by atoms with Crippen molar-refractivity contribution in [1.29, 1.82) is 0 Å². The largest absolute Gasteiger partial charge is 0.496 e. The number of ether oxygens (including phenoxy) is 1. The van der Waals surface area contributed by atoms with Gasteiger partial charge in [-0.05, 0) is 25.2 Å². The summed E-state index contributed by atoms with van der Waals surface area (Å²) >= 11 is 1.40. The molecule has 18 heavy (non-hydrogen) atoms. The Balaban J connectivity index is 2.45. The lowest BCUT2D eigenvalue weighted by Gasteiger charge is -2.16. The second-order valence-electron chi connectivity index (χ2n) is 3.75. The van der Waals surface area contributed by atoms with Gasteiger partial charge in [-0.2, -0.15) is 0 Å². The monoisotopic (exact) mass is 269 g/mol. The van der Waals surface area contributed by atoms with Crippen LogP contribution >= 0.6 is 11.3 Å². The van der Waals surface area contributed by atoms with Crippen LogP contribution in [0.1, 0.15) is 16.5 Å². The smallest absolute Gasteiger partial charge is 0.131 e. The molecule has 0 aliphatic carbocycles. The van der Waals surface area contributed by atoms with Crippen molar-refractivity contribution < 1.29 is 13.5 Å². The Morgan fingerprint density at radius 3 is 2.44 bits per heavy atom. The Hall–Kier alpha value is -1.46. The summed E-state index contributed by atoms with van der Waals surface area (Å²) in [5, 5.41) is 4.73. The molecule has 0 saturated carbocycles. The van der Waals surface area contributed by atoms with Crippen LogP contribution in [0.5, 0.6) is 5.75 Å². The van der Waals surface area contributed by atoms with E-state index in [0.29, 0.717) is 5.75 Å². The fourth-order valence-corrected chi connectivity index (χ4v) is 2.78. The summed E-state index contributed by atoms with van der Waals surface area (Å²) in [5.41, 5.74) is 0.0319. The molecule has 1 aromatic heterocycles. The van der Waals surface area contributed by atoms with Crippen molar-refractivity contribution in [3.8, 4) is 5.75 Å². The van der Waals surface area contributed by atoms with Crippen LogP contribution in [0.3, 0.4) is 0 Å². The predicted molar refractivity (Wildman–Crippen MR) is 68.1 cm³/mol. The van der Waals surface area contributed by atoms with E-state index in [9.17, 15) is 8.78 Å². The topological polar surface area (TPSA) is 21.3 Å². The molecule has 2 rings (SSSR count). The molecule has 0 fully saturated rings. The first-order valence-electron chi connectivity index (χ1n) is 5.41. The number of rotatable bonds is 4. The number of nitrogens with one attached hydrogen (secondary N) is 1. The maximum Gasteiger partial charge on any atom is 0.131 e. The van der Waals surface area contributed by atoms with E-state index in [1.165, 1.54) is 29.5 Å². The number of methoxy groups -OCH3 is 1. The highest BCUT2D eigenvalue weighted by Gasteiger charge is 2.21. The van der Waals surface area contributed by atoms with E-state index in [0.717, 1.165) is 4.88 Å². The molecule has 5 heteroatoms. The van der Waals surface area contributed by atoms with Crippen molar-refractivity contribution in [3.05, 3.63) is 51.7 Å². The Morgan fingerprint density at radius 2 is 1.94 bits per heavy atom. The minimum atomic E-state index is -0.554. The van der Waals surface area contributed by atoms with Gasteiger partial charge in [-0.15, -0.1) is 11.3 Å². The lowest BCUT2D eigenvalue weighted by molar-refractivity contribution is 0.416. The van der Waals surface area contributed by atoms with E-state index >= 15 is 0 Å². The molecular formula is C13H13F2NOS. The van der Waals surface area contributed by atoms with Crippen LogP contribution in [0.4, 0.5) is 8.78 Å². The average Bonchev–Trinajstić information content (AvgIpc) is 2.82. The van der Waals surface area contributed by atoms with Gasteiger partial charge >= 0.3 is 0 Å². The molecule has 2 nitrogen and oxygen atoms in total. The van der Waals surface area contributed by atoms with Gasteiger partial charge in [0.15, 0.2) is 0 Å². The normalized spacial score (nSPS) is 12.4. The van der Waals surface area contributed by atoms with Crippen LogP contribution in [-0.4, -0.2) is 14.2 Å². The highest BCUT2D eigenvalue weighted by Crippen LogP contribution is 2.33. The molecule has 0 aliphatic heterocycles. The van der Waals surface area contributed by atoms with E-state index < -0.39 is 17.7 Å². The number of hydrogen-bond acceptors (Lipinski definition) is 3. The summed E-state index contributed by atoms with van der Waals surface area (Å²) in [5.74, 6) is -0.421. The maximum atomic E-state index is 13.8. The predicted octanol–water partition coefficient (Wildman–Crippen LogP) is 3.34. The molecule has 0 amide bonds. The highest BCUT2D eigenvalue weighted by atomic mass is 32.1. The quantitative estimate of drug-likeness (QED) is 0.919. The van der Waals surface area contributed by atoms with Crippen molar-refractivity contribution in [2.24, 2.45) is 0 Å². The third-order valence-corrected chi connectivity index (χ3v) is 3.67. The number of benzene rings is 1. The van der Waals surface area contributed by atoms with Crippen molar-refractivity contribution >= 4 is 11.3 Å². The molecule has 0 radical (unpaired) electrons. The Kier molecular flexibility index (Phi) is 3.93. The number of halogens is 2. The lowest BCUT2D eigenvalue weighted by Crippen LogP contribution is -2.19. The molecule has 96 valence electrons. The zero-order valence-corrected chi connectivity index (χ0v) is 10.9. The molecule has 0 bridgehead atoms. The van der Waals surface area contributed by atoms with Gasteiger partial charge in [-0.1, -0.05) is 6.07 Å². The third-order valence-electron chi connectivity index (χ3n) is 2.69. The lowest BCUT2D eigenvalue weighted by atomic mass is 10.0. The summed E-state index contributed by atoms with van der Waals surface area (Å²) in [4.78, 5) is 0.804. The van der Waals surface area contributed by atoms with Crippen LogP contribution in [0.15, 0.2) is 29.6 Å². The summed E-state index contributed by atoms with van der Waals surface area (Å²) in [6, 6.07) is 5.13. The molecule has 0 aliphatic rings. The first-order chi connectivity index (χ1) is 8.67. The fraction of sp³-hybridized carbons (Fsp3) is 0.231. The van der Waals surface area contributed by atoms with Gasteiger partial charge in [0.2, 0.25) is 0 Å². The van der Waals surface area contributed by atoms with E-state index in [-0.39, 0.29) is 5.56 Å². The van der Waals surface area contributed by atoms with Gasteiger partial charge < -0.3 is 10.1 Å². The van der Waals surface area contributed by atoms with E-state index in [1.54, 1.807) is 25.6 Å². The van der Waals surface area contributed by atoms with Crippen LogP contribution in [0, 0.1) is 11.6 Å². The molecule has 0 saturated heterocycles. The Labute approximate surface area is 108 Å². The number of hydrogen-bond donors (Lipinski definition) is 1. The summed E-state index contributed by atoms with van der Waals surface area (Å²) in [6.07, 6.45) is 0. The first-order valence-corrected chi connectivity index (χ1v) is 6.29. The third kappa shape index (κ3) is 2.37. The van der Waals surface area contributed by atoms with Crippen LogP contribution in [-0.2, 0) is 0 Å². The van der Waals surface area contributed by atoms with Gasteiger partial charge in [0.05, 0.1) is 13.2 Å². The van der Waals surface area contributed by atoms with Crippen LogP contribution in [0.25, 0.3) is 0 Å². The molecular weight excluding hydrogens is 256 g/mol. The molecule has 1 aromatic carbocycles. The maximum absolute atomic E-state index is 13.8. The van der Waals surface area contributed by atoms with Gasteiger partial charge in [0, 0.05) is 15.8 Å². The second kappa shape index (κ2) is 5.46.